The zero-order valence-corrected chi connectivity index (χ0v) is 15.7. The van der Waals surface area contributed by atoms with Gasteiger partial charge in [0.15, 0.2) is 0 Å². The van der Waals surface area contributed by atoms with Crippen LogP contribution in [0.4, 0.5) is 0 Å². The molecule has 2 aromatic rings. The Balaban J connectivity index is 1.47. The number of nitrogens with one attached hydrogen (secondary N) is 1. The first-order valence-corrected chi connectivity index (χ1v) is 9.48. The van der Waals surface area contributed by atoms with E-state index in [0.29, 0.717) is 5.92 Å². The summed E-state index contributed by atoms with van der Waals surface area (Å²) in [5.74, 6) is 0.603. The summed E-state index contributed by atoms with van der Waals surface area (Å²) in [6.07, 6.45) is 9.38. The van der Waals surface area contributed by atoms with Crippen LogP contribution in [0.2, 0.25) is 0 Å². The lowest BCUT2D eigenvalue weighted by atomic mass is 9.97. The Morgan fingerprint density at radius 2 is 1.85 bits per heavy atom. The number of fused-ring (bicyclic) bond motifs is 1. The van der Waals surface area contributed by atoms with Crippen LogP contribution in [0.1, 0.15) is 18.9 Å². The lowest BCUT2D eigenvalue weighted by Gasteiger charge is -2.38. The van der Waals surface area contributed by atoms with E-state index >= 15 is 0 Å². The molecule has 5 nitrogen and oxygen atoms in total. The number of aromatic nitrogens is 2. The average Bonchev–Trinajstić information content (AvgIpc) is 2.67. The maximum Gasteiger partial charge on any atom is 0.0890 e. The molecule has 136 valence electrons. The summed E-state index contributed by atoms with van der Waals surface area (Å²) in [5.41, 5.74) is 5.77. The minimum Gasteiger partial charge on any atom is -0.380 e. The van der Waals surface area contributed by atoms with Crippen molar-refractivity contribution in [3.63, 3.8) is 0 Å². The standard InChI is InChI=1S/C21H27N5/c1-16-3-5-19(21(13-16)26-11-9-25(2)10-12-26)24-15-17-4-6-18-20(14-17)23-8-7-22-18/h4-8,13-14,16,24H,3,9-12,15H2,1-2H3. The smallest absolute Gasteiger partial charge is 0.0890 e. The summed E-state index contributed by atoms with van der Waals surface area (Å²) in [6, 6.07) is 6.31. The molecule has 1 aromatic carbocycles. The third kappa shape index (κ3) is 3.73. The summed E-state index contributed by atoms with van der Waals surface area (Å²) in [6.45, 7) is 7.55. The van der Waals surface area contributed by atoms with E-state index in [9.17, 15) is 0 Å². The normalized spacial score (nSPS) is 21.5. The van der Waals surface area contributed by atoms with E-state index in [1.54, 1.807) is 12.4 Å². The molecule has 26 heavy (non-hydrogen) atoms. The van der Waals surface area contributed by atoms with Crippen LogP contribution in [0, 0.1) is 5.92 Å². The number of benzene rings is 1. The van der Waals surface area contributed by atoms with Crippen molar-refractivity contribution in [1.82, 2.24) is 25.1 Å². The summed E-state index contributed by atoms with van der Waals surface area (Å²) in [7, 11) is 2.20. The van der Waals surface area contributed by atoms with Gasteiger partial charge in [-0.1, -0.05) is 25.1 Å². The Labute approximate surface area is 155 Å². The predicted octanol–water partition coefficient (Wildman–Crippen LogP) is 2.77. The largest absolute Gasteiger partial charge is 0.380 e. The Hall–Kier alpha value is -2.40. The number of rotatable bonds is 4. The highest BCUT2D eigenvalue weighted by Gasteiger charge is 2.22. The first kappa shape index (κ1) is 17.0. The summed E-state index contributed by atoms with van der Waals surface area (Å²) < 4.78 is 0. The lowest BCUT2D eigenvalue weighted by Crippen LogP contribution is -2.45. The van der Waals surface area contributed by atoms with Crippen LogP contribution in [0.15, 0.2) is 54.1 Å². The van der Waals surface area contributed by atoms with Crippen LogP contribution in [0.3, 0.4) is 0 Å². The van der Waals surface area contributed by atoms with Crippen molar-refractivity contribution in [2.75, 3.05) is 33.2 Å². The van der Waals surface area contributed by atoms with Gasteiger partial charge < -0.3 is 15.1 Å². The van der Waals surface area contributed by atoms with Crippen LogP contribution in [-0.4, -0.2) is 53.0 Å². The molecule has 2 heterocycles. The van der Waals surface area contributed by atoms with E-state index < -0.39 is 0 Å². The van der Waals surface area contributed by atoms with E-state index in [4.69, 9.17) is 0 Å². The van der Waals surface area contributed by atoms with Gasteiger partial charge in [-0.05, 0) is 37.1 Å². The first-order valence-electron chi connectivity index (χ1n) is 9.48. The van der Waals surface area contributed by atoms with Gasteiger partial charge in [0.2, 0.25) is 0 Å². The molecular weight excluding hydrogens is 322 g/mol. The molecule has 1 unspecified atom stereocenters. The topological polar surface area (TPSA) is 44.3 Å². The van der Waals surface area contributed by atoms with Crippen LogP contribution in [-0.2, 0) is 6.54 Å². The fraction of sp³-hybridized carbons (Fsp3) is 0.429. The summed E-state index contributed by atoms with van der Waals surface area (Å²) >= 11 is 0. The van der Waals surface area contributed by atoms with Gasteiger partial charge in [0.25, 0.3) is 0 Å². The van der Waals surface area contributed by atoms with Gasteiger partial charge in [0, 0.05) is 45.1 Å². The molecule has 2 aliphatic rings. The van der Waals surface area contributed by atoms with Gasteiger partial charge in [-0.3, -0.25) is 9.97 Å². The van der Waals surface area contributed by atoms with Crippen molar-refractivity contribution in [1.29, 1.82) is 0 Å². The van der Waals surface area contributed by atoms with E-state index in [0.717, 1.165) is 50.2 Å². The van der Waals surface area contributed by atoms with Crippen LogP contribution < -0.4 is 5.32 Å². The Kier molecular flexibility index (Phi) is 4.89. The van der Waals surface area contributed by atoms with Crippen LogP contribution in [0.5, 0.6) is 0 Å². The maximum absolute atomic E-state index is 4.41. The predicted molar refractivity (Wildman–Crippen MR) is 105 cm³/mol. The summed E-state index contributed by atoms with van der Waals surface area (Å²) in [5, 5.41) is 3.67. The second-order valence-corrected chi connectivity index (χ2v) is 7.41. The van der Waals surface area contributed by atoms with Gasteiger partial charge in [0.1, 0.15) is 0 Å². The number of piperazine rings is 1. The van der Waals surface area contributed by atoms with Gasteiger partial charge >= 0.3 is 0 Å². The molecule has 0 spiro atoms. The number of hydrogen-bond acceptors (Lipinski definition) is 5. The SMILES string of the molecule is CC1C=C(N2CCN(C)CC2)C(NCc2ccc3nccnc3c2)=CC1. The maximum atomic E-state index is 4.41. The minimum absolute atomic E-state index is 0.603. The summed E-state index contributed by atoms with van der Waals surface area (Å²) in [4.78, 5) is 13.7. The fourth-order valence-corrected chi connectivity index (χ4v) is 3.64. The van der Waals surface area contributed by atoms with Gasteiger partial charge in [0.05, 0.1) is 22.4 Å². The molecule has 1 atom stereocenters. The Morgan fingerprint density at radius 3 is 2.65 bits per heavy atom. The molecule has 1 aliphatic heterocycles. The first-order chi connectivity index (χ1) is 12.7. The molecule has 4 rings (SSSR count). The molecule has 1 N–H and O–H groups in total. The van der Waals surface area contributed by atoms with Crippen molar-refractivity contribution in [3.8, 4) is 0 Å². The van der Waals surface area contributed by atoms with Gasteiger partial charge in [-0.2, -0.15) is 0 Å². The monoisotopic (exact) mass is 349 g/mol. The van der Waals surface area contributed by atoms with Crippen molar-refractivity contribution in [3.05, 3.63) is 59.7 Å². The third-order valence-electron chi connectivity index (χ3n) is 5.27. The molecule has 1 aromatic heterocycles. The zero-order valence-electron chi connectivity index (χ0n) is 15.7. The number of hydrogen-bond donors (Lipinski definition) is 1. The van der Waals surface area contributed by atoms with E-state index in [1.165, 1.54) is 17.0 Å². The van der Waals surface area contributed by atoms with Crippen LogP contribution >= 0.6 is 0 Å². The van der Waals surface area contributed by atoms with E-state index in [1.807, 2.05) is 6.07 Å². The Bertz CT molecular complexity index is 833. The minimum atomic E-state index is 0.603. The highest BCUT2D eigenvalue weighted by molar-refractivity contribution is 5.74. The quantitative estimate of drug-likeness (QED) is 0.919. The molecule has 0 radical (unpaired) electrons. The molecule has 1 fully saturated rings. The lowest BCUT2D eigenvalue weighted by molar-refractivity contribution is 0.186. The highest BCUT2D eigenvalue weighted by Crippen LogP contribution is 2.25. The number of nitrogens with zero attached hydrogens (tertiary/aromatic N) is 4. The van der Waals surface area contributed by atoms with Gasteiger partial charge in [-0.25, -0.2) is 0 Å². The van der Waals surface area contributed by atoms with Crippen molar-refractivity contribution in [2.45, 2.75) is 19.9 Å². The molecule has 1 aliphatic carbocycles. The second kappa shape index (κ2) is 7.46. The van der Waals surface area contributed by atoms with Gasteiger partial charge in [-0.15, -0.1) is 0 Å². The molecule has 0 saturated carbocycles. The van der Waals surface area contributed by atoms with E-state index in [2.05, 4.69) is 63.3 Å². The van der Waals surface area contributed by atoms with Crippen LogP contribution in [0.25, 0.3) is 11.0 Å². The van der Waals surface area contributed by atoms with Crippen molar-refractivity contribution >= 4 is 11.0 Å². The zero-order chi connectivity index (χ0) is 17.9. The highest BCUT2D eigenvalue weighted by atomic mass is 15.3. The van der Waals surface area contributed by atoms with E-state index in [-0.39, 0.29) is 0 Å². The van der Waals surface area contributed by atoms with Crippen molar-refractivity contribution in [2.24, 2.45) is 5.92 Å². The average molecular weight is 349 g/mol. The molecule has 0 amide bonds. The third-order valence-corrected chi connectivity index (χ3v) is 5.27. The molecule has 1 saturated heterocycles. The molecular formula is C21H27N5. The molecule has 0 bridgehead atoms. The number of allylic oxidation sites excluding steroid dienone is 2. The second-order valence-electron chi connectivity index (χ2n) is 7.41. The number of likely N-dealkylation sites (N-methyl/N-ethyl adjacent to an activating group) is 1. The fourth-order valence-electron chi connectivity index (χ4n) is 3.64. The Morgan fingerprint density at radius 1 is 1.08 bits per heavy atom. The van der Waals surface area contributed by atoms with Crippen molar-refractivity contribution < 1.29 is 0 Å². The molecule has 5 heteroatoms.